The van der Waals surface area contributed by atoms with E-state index in [0.29, 0.717) is 11.1 Å². The lowest BCUT2D eigenvalue weighted by Crippen LogP contribution is -2.20. The van der Waals surface area contributed by atoms with E-state index in [0.717, 1.165) is 10.4 Å². The third-order valence-electron chi connectivity index (χ3n) is 2.55. The molecule has 1 aromatic carbocycles. The number of thiophene rings is 1. The molecule has 0 spiro atoms. The van der Waals surface area contributed by atoms with Crippen molar-refractivity contribution in [2.75, 3.05) is 0 Å². The number of hydrogen-bond donors (Lipinski definition) is 1. The Kier molecular flexibility index (Phi) is 1.91. The van der Waals surface area contributed by atoms with E-state index in [9.17, 15) is 9.59 Å². The molecule has 0 radical (unpaired) electrons. The number of rotatable bonds is 1. The summed E-state index contributed by atoms with van der Waals surface area (Å²) >= 11 is 1.55. The van der Waals surface area contributed by atoms with Crippen molar-refractivity contribution in [2.45, 2.75) is 0 Å². The van der Waals surface area contributed by atoms with Crippen molar-refractivity contribution < 1.29 is 9.59 Å². The van der Waals surface area contributed by atoms with Crippen molar-refractivity contribution in [3.05, 3.63) is 46.8 Å². The number of nitrogens with one attached hydrogen (secondary N) is 1. The van der Waals surface area contributed by atoms with Gasteiger partial charge in [0.15, 0.2) is 0 Å². The van der Waals surface area contributed by atoms with Crippen LogP contribution >= 0.6 is 11.3 Å². The molecule has 2 aromatic rings. The second-order valence-corrected chi connectivity index (χ2v) is 4.44. The summed E-state index contributed by atoms with van der Waals surface area (Å²) in [5.41, 5.74) is 1.79. The average Bonchev–Trinajstić information content (AvgIpc) is 2.88. The largest absolute Gasteiger partial charge is 0.288 e. The molecule has 1 aromatic heterocycles. The molecule has 0 bridgehead atoms. The van der Waals surface area contributed by atoms with E-state index < -0.39 is 0 Å². The van der Waals surface area contributed by atoms with Gasteiger partial charge < -0.3 is 0 Å². The van der Waals surface area contributed by atoms with Crippen molar-refractivity contribution in [1.82, 2.24) is 5.32 Å². The fraction of sp³-hybridized carbons (Fsp3) is 0. The van der Waals surface area contributed by atoms with Gasteiger partial charge >= 0.3 is 0 Å². The number of carbonyl (C=O) groups is 2. The van der Waals surface area contributed by atoms with Crippen LogP contribution in [0.2, 0.25) is 0 Å². The summed E-state index contributed by atoms with van der Waals surface area (Å²) < 4.78 is 0. The van der Waals surface area contributed by atoms with Gasteiger partial charge in [-0.15, -0.1) is 11.3 Å². The van der Waals surface area contributed by atoms with Crippen LogP contribution in [0.5, 0.6) is 0 Å². The first-order valence-electron chi connectivity index (χ1n) is 4.80. The summed E-state index contributed by atoms with van der Waals surface area (Å²) in [6.07, 6.45) is 0. The van der Waals surface area contributed by atoms with Crippen LogP contribution in [0, 0.1) is 0 Å². The number of hydrogen-bond acceptors (Lipinski definition) is 3. The topological polar surface area (TPSA) is 46.2 Å². The van der Waals surface area contributed by atoms with Gasteiger partial charge in [-0.3, -0.25) is 14.9 Å². The fourth-order valence-corrected chi connectivity index (χ4v) is 2.61. The smallest absolute Gasteiger partial charge is 0.259 e. The standard InChI is InChI=1S/C12H7NO2S/c14-11-8-4-1-3-7(9-5-2-6-16-9)10(8)12(15)13-11/h1-6H,(H,13,14,15). The second kappa shape index (κ2) is 3.28. The first-order valence-corrected chi connectivity index (χ1v) is 5.68. The van der Waals surface area contributed by atoms with E-state index in [1.165, 1.54) is 0 Å². The molecule has 3 nitrogen and oxygen atoms in total. The Morgan fingerprint density at radius 1 is 0.938 bits per heavy atom. The van der Waals surface area contributed by atoms with Gasteiger partial charge in [0, 0.05) is 10.4 Å². The van der Waals surface area contributed by atoms with Crippen LogP contribution in [-0.4, -0.2) is 11.8 Å². The second-order valence-electron chi connectivity index (χ2n) is 3.49. The fourth-order valence-electron chi connectivity index (χ4n) is 1.86. The minimum atomic E-state index is -0.307. The zero-order valence-corrected chi connectivity index (χ0v) is 9.01. The molecular weight excluding hydrogens is 222 g/mol. The first-order chi connectivity index (χ1) is 7.77. The molecule has 16 heavy (non-hydrogen) atoms. The van der Waals surface area contributed by atoms with Crippen LogP contribution in [-0.2, 0) is 0 Å². The van der Waals surface area contributed by atoms with Crippen molar-refractivity contribution in [2.24, 2.45) is 0 Å². The molecule has 0 atom stereocenters. The molecule has 1 aliphatic rings. The predicted octanol–water partition coefficient (Wildman–Crippen LogP) is 2.30. The predicted molar refractivity (Wildman–Crippen MR) is 61.6 cm³/mol. The van der Waals surface area contributed by atoms with Gasteiger partial charge in [-0.25, -0.2) is 0 Å². The van der Waals surface area contributed by atoms with E-state index in [1.54, 1.807) is 23.5 Å². The first kappa shape index (κ1) is 9.30. The Hall–Kier alpha value is -1.94. The van der Waals surface area contributed by atoms with Crippen LogP contribution in [0.15, 0.2) is 35.7 Å². The minimum absolute atomic E-state index is 0.302. The van der Waals surface area contributed by atoms with Gasteiger partial charge in [0.05, 0.1) is 11.1 Å². The summed E-state index contributed by atoms with van der Waals surface area (Å²) in [7, 11) is 0. The van der Waals surface area contributed by atoms with Crippen LogP contribution in [0.3, 0.4) is 0 Å². The molecule has 3 rings (SSSR count). The average molecular weight is 229 g/mol. The Labute approximate surface area is 95.7 Å². The molecule has 0 saturated carbocycles. The summed E-state index contributed by atoms with van der Waals surface area (Å²) in [4.78, 5) is 24.1. The monoisotopic (exact) mass is 229 g/mol. The Morgan fingerprint density at radius 2 is 1.75 bits per heavy atom. The molecule has 2 heterocycles. The third-order valence-corrected chi connectivity index (χ3v) is 3.45. The normalized spacial score (nSPS) is 13.8. The van der Waals surface area contributed by atoms with Gasteiger partial charge in [-0.2, -0.15) is 0 Å². The van der Waals surface area contributed by atoms with Crippen LogP contribution < -0.4 is 5.32 Å². The zero-order chi connectivity index (χ0) is 11.1. The van der Waals surface area contributed by atoms with Crippen molar-refractivity contribution in [3.63, 3.8) is 0 Å². The van der Waals surface area contributed by atoms with Crippen LogP contribution in [0.25, 0.3) is 10.4 Å². The molecule has 1 N–H and O–H groups in total. The van der Waals surface area contributed by atoms with E-state index in [4.69, 9.17) is 0 Å². The summed E-state index contributed by atoms with van der Waals surface area (Å²) in [6.45, 7) is 0. The SMILES string of the molecule is O=C1NC(=O)c2c1cccc2-c1cccs1. The number of amides is 2. The highest BCUT2D eigenvalue weighted by atomic mass is 32.1. The lowest BCUT2D eigenvalue weighted by atomic mass is 10.0. The van der Waals surface area contributed by atoms with Crippen molar-refractivity contribution >= 4 is 23.2 Å². The maximum absolute atomic E-state index is 11.7. The molecule has 78 valence electrons. The highest BCUT2D eigenvalue weighted by Gasteiger charge is 2.29. The van der Waals surface area contributed by atoms with Crippen molar-refractivity contribution in [3.8, 4) is 10.4 Å². The minimum Gasteiger partial charge on any atom is -0.288 e. The Balaban J connectivity index is 2.30. The Bertz CT molecular complexity index is 587. The highest BCUT2D eigenvalue weighted by Crippen LogP contribution is 2.31. The Morgan fingerprint density at radius 3 is 2.50 bits per heavy atom. The van der Waals surface area contributed by atoms with Gasteiger partial charge in [-0.05, 0) is 17.5 Å². The summed E-state index contributed by atoms with van der Waals surface area (Å²) in [5, 5.41) is 4.26. The molecule has 4 heteroatoms. The molecule has 0 aliphatic carbocycles. The maximum atomic E-state index is 11.7. The lowest BCUT2D eigenvalue weighted by Gasteiger charge is -2.02. The van der Waals surface area contributed by atoms with Gasteiger partial charge in [0.2, 0.25) is 0 Å². The highest BCUT2D eigenvalue weighted by molar-refractivity contribution is 7.13. The van der Waals surface area contributed by atoms with Crippen LogP contribution in [0.1, 0.15) is 20.7 Å². The van der Waals surface area contributed by atoms with E-state index in [1.807, 2.05) is 23.6 Å². The summed E-state index contributed by atoms with van der Waals surface area (Å²) in [5.74, 6) is -0.609. The number of imide groups is 1. The van der Waals surface area contributed by atoms with Gasteiger partial charge in [0.25, 0.3) is 11.8 Å². The molecule has 2 amide bonds. The van der Waals surface area contributed by atoms with Crippen molar-refractivity contribution in [1.29, 1.82) is 0 Å². The maximum Gasteiger partial charge on any atom is 0.259 e. The van der Waals surface area contributed by atoms with E-state index >= 15 is 0 Å². The summed E-state index contributed by atoms with van der Waals surface area (Å²) in [6, 6.07) is 9.20. The number of benzene rings is 1. The van der Waals surface area contributed by atoms with Crippen LogP contribution in [0.4, 0.5) is 0 Å². The number of fused-ring (bicyclic) bond motifs is 1. The quantitative estimate of drug-likeness (QED) is 0.763. The van der Waals surface area contributed by atoms with E-state index in [2.05, 4.69) is 5.32 Å². The molecular formula is C12H7NO2S. The van der Waals surface area contributed by atoms with E-state index in [-0.39, 0.29) is 11.8 Å². The molecule has 0 saturated heterocycles. The molecule has 0 fully saturated rings. The number of carbonyl (C=O) groups excluding carboxylic acids is 2. The molecule has 0 unspecified atom stereocenters. The van der Waals surface area contributed by atoms with Gasteiger partial charge in [-0.1, -0.05) is 18.2 Å². The third kappa shape index (κ3) is 1.20. The zero-order valence-electron chi connectivity index (χ0n) is 8.19. The molecule has 1 aliphatic heterocycles. The lowest BCUT2D eigenvalue weighted by molar-refractivity contribution is 0.0880. The van der Waals surface area contributed by atoms with Gasteiger partial charge in [0.1, 0.15) is 0 Å².